The number of thioether (sulfide) groups is 1. The molecular weight excluding hydrogens is 232 g/mol. The van der Waals surface area contributed by atoms with E-state index in [4.69, 9.17) is 0 Å². The van der Waals surface area contributed by atoms with Gasteiger partial charge in [-0.15, -0.1) is 11.8 Å². The van der Waals surface area contributed by atoms with Gasteiger partial charge in [0, 0.05) is 22.8 Å². The van der Waals surface area contributed by atoms with Gasteiger partial charge < -0.3 is 0 Å². The predicted octanol–water partition coefficient (Wildman–Crippen LogP) is 3.21. The van der Waals surface area contributed by atoms with Crippen LogP contribution in [-0.2, 0) is 0 Å². The van der Waals surface area contributed by atoms with Crippen LogP contribution in [0.25, 0.3) is 0 Å². The highest BCUT2D eigenvalue weighted by molar-refractivity contribution is 8.08. The second-order valence-corrected chi connectivity index (χ2v) is 6.42. The van der Waals surface area contributed by atoms with E-state index in [2.05, 4.69) is 0 Å². The Hall–Kier alpha value is -1.09. The van der Waals surface area contributed by atoms with E-state index in [1.165, 1.54) is 0 Å². The van der Waals surface area contributed by atoms with Crippen molar-refractivity contribution in [1.82, 2.24) is 0 Å². The first-order valence-electron chi connectivity index (χ1n) is 5.77. The van der Waals surface area contributed by atoms with E-state index in [-0.39, 0.29) is 22.2 Å². The highest BCUT2D eigenvalue weighted by Crippen LogP contribution is 2.46. The SMILES string of the molecule is CC(C)C(=O)c1ccc(C(=O)C2(C)CS2)cc1. The molecule has 1 aliphatic rings. The van der Waals surface area contributed by atoms with Crippen LogP contribution in [0.5, 0.6) is 0 Å². The summed E-state index contributed by atoms with van der Waals surface area (Å²) in [6, 6.07) is 7.04. The lowest BCUT2D eigenvalue weighted by atomic mass is 9.96. The summed E-state index contributed by atoms with van der Waals surface area (Å²) >= 11 is 1.67. The van der Waals surface area contributed by atoms with E-state index in [1.54, 1.807) is 36.0 Å². The van der Waals surface area contributed by atoms with Gasteiger partial charge in [-0.05, 0) is 6.92 Å². The zero-order valence-electron chi connectivity index (χ0n) is 10.3. The summed E-state index contributed by atoms with van der Waals surface area (Å²) in [6.45, 7) is 5.72. The number of Topliss-reactive ketones (excluding diaryl/α,β-unsaturated/α-hetero) is 2. The number of rotatable bonds is 4. The summed E-state index contributed by atoms with van der Waals surface area (Å²) in [5.74, 6) is 1.19. The van der Waals surface area contributed by atoms with E-state index < -0.39 is 0 Å². The van der Waals surface area contributed by atoms with Gasteiger partial charge in [0.25, 0.3) is 0 Å². The lowest BCUT2D eigenvalue weighted by Crippen LogP contribution is -2.18. The lowest BCUT2D eigenvalue weighted by Gasteiger charge is -2.07. The van der Waals surface area contributed by atoms with Crippen molar-refractivity contribution in [3.63, 3.8) is 0 Å². The minimum Gasteiger partial charge on any atom is -0.294 e. The van der Waals surface area contributed by atoms with Crippen LogP contribution >= 0.6 is 11.8 Å². The summed E-state index contributed by atoms with van der Waals surface area (Å²) in [5, 5.41) is 0. The summed E-state index contributed by atoms with van der Waals surface area (Å²) in [5.41, 5.74) is 1.39. The molecule has 2 nitrogen and oxygen atoms in total. The maximum atomic E-state index is 12.0. The molecule has 2 rings (SSSR count). The van der Waals surface area contributed by atoms with E-state index in [0.717, 1.165) is 5.75 Å². The molecule has 1 heterocycles. The Kier molecular flexibility index (Phi) is 3.13. The van der Waals surface area contributed by atoms with Gasteiger partial charge in [0.05, 0.1) is 4.75 Å². The number of hydrogen-bond acceptors (Lipinski definition) is 3. The Bertz CT molecular complexity index is 456. The third-order valence-electron chi connectivity index (χ3n) is 3.01. The fourth-order valence-corrected chi connectivity index (χ4v) is 2.26. The zero-order chi connectivity index (χ0) is 12.6. The molecule has 1 saturated heterocycles. The van der Waals surface area contributed by atoms with Crippen molar-refractivity contribution in [3.05, 3.63) is 35.4 Å². The normalized spacial score (nSPS) is 22.6. The Morgan fingerprint density at radius 3 is 2.06 bits per heavy atom. The fraction of sp³-hybridized carbons (Fsp3) is 0.429. The van der Waals surface area contributed by atoms with Crippen molar-refractivity contribution >= 4 is 23.3 Å². The van der Waals surface area contributed by atoms with Gasteiger partial charge in [-0.3, -0.25) is 9.59 Å². The maximum Gasteiger partial charge on any atom is 0.179 e. The predicted molar refractivity (Wildman–Crippen MR) is 70.8 cm³/mol. The second kappa shape index (κ2) is 4.30. The molecular formula is C14H16O2S. The first kappa shape index (κ1) is 12.4. The average Bonchev–Trinajstić information content (AvgIpc) is 3.07. The van der Waals surface area contributed by atoms with E-state index >= 15 is 0 Å². The molecule has 0 aromatic heterocycles. The topological polar surface area (TPSA) is 34.1 Å². The first-order chi connectivity index (χ1) is 7.94. The van der Waals surface area contributed by atoms with Crippen molar-refractivity contribution in [2.24, 2.45) is 5.92 Å². The van der Waals surface area contributed by atoms with Gasteiger partial charge in [0.2, 0.25) is 0 Å². The van der Waals surface area contributed by atoms with Crippen LogP contribution in [-0.4, -0.2) is 22.1 Å². The van der Waals surface area contributed by atoms with Gasteiger partial charge in [-0.25, -0.2) is 0 Å². The van der Waals surface area contributed by atoms with Crippen LogP contribution in [0.1, 0.15) is 41.5 Å². The van der Waals surface area contributed by atoms with Crippen LogP contribution in [0.2, 0.25) is 0 Å². The maximum absolute atomic E-state index is 12.0. The average molecular weight is 248 g/mol. The molecule has 1 atom stereocenters. The minimum atomic E-state index is -0.219. The Balaban J connectivity index is 2.19. The van der Waals surface area contributed by atoms with E-state index in [0.29, 0.717) is 11.1 Å². The number of carbonyl (C=O) groups is 2. The Morgan fingerprint density at radius 2 is 1.65 bits per heavy atom. The van der Waals surface area contributed by atoms with Crippen molar-refractivity contribution < 1.29 is 9.59 Å². The molecule has 90 valence electrons. The van der Waals surface area contributed by atoms with Crippen molar-refractivity contribution in [3.8, 4) is 0 Å². The molecule has 1 aromatic rings. The molecule has 1 fully saturated rings. The standard InChI is InChI=1S/C14H16O2S/c1-9(2)12(15)10-4-6-11(7-5-10)13(16)14(3)8-17-14/h4-7,9H,8H2,1-3H3. The van der Waals surface area contributed by atoms with Crippen LogP contribution in [0.15, 0.2) is 24.3 Å². The van der Waals surface area contributed by atoms with E-state index in [1.807, 2.05) is 20.8 Å². The smallest absolute Gasteiger partial charge is 0.179 e. The third-order valence-corrected chi connectivity index (χ3v) is 4.35. The molecule has 1 aliphatic heterocycles. The van der Waals surface area contributed by atoms with Crippen LogP contribution in [0, 0.1) is 5.92 Å². The molecule has 1 aromatic carbocycles. The molecule has 0 spiro atoms. The molecule has 0 aliphatic carbocycles. The monoisotopic (exact) mass is 248 g/mol. The first-order valence-corrected chi connectivity index (χ1v) is 6.75. The van der Waals surface area contributed by atoms with Gasteiger partial charge >= 0.3 is 0 Å². The Labute approximate surface area is 106 Å². The molecule has 0 bridgehead atoms. The third kappa shape index (κ3) is 2.44. The van der Waals surface area contributed by atoms with Crippen molar-refractivity contribution in [1.29, 1.82) is 0 Å². The Morgan fingerprint density at radius 1 is 1.18 bits per heavy atom. The van der Waals surface area contributed by atoms with Crippen LogP contribution in [0.3, 0.4) is 0 Å². The minimum absolute atomic E-state index is 0.00643. The van der Waals surface area contributed by atoms with Crippen molar-refractivity contribution in [2.45, 2.75) is 25.5 Å². The largest absolute Gasteiger partial charge is 0.294 e. The van der Waals surface area contributed by atoms with Gasteiger partial charge in [-0.2, -0.15) is 0 Å². The summed E-state index contributed by atoms with van der Waals surface area (Å²) in [4.78, 5) is 23.8. The molecule has 0 amide bonds. The summed E-state index contributed by atoms with van der Waals surface area (Å²) in [6.07, 6.45) is 0. The highest BCUT2D eigenvalue weighted by Gasteiger charge is 2.46. The fourth-order valence-electron chi connectivity index (χ4n) is 1.66. The highest BCUT2D eigenvalue weighted by atomic mass is 32.2. The van der Waals surface area contributed by atoms with Gasteiger partial charge in [-0.1, -0.05) is 38.1 Å². The number of hydrogen-bond donors (Lipinski definition) is 0. The summed E-state index contributed by atoms with van der Waals surface area (Å²) < 4.78 is -0.219. The van der Waals surface area contributed by atoms with Gasteiger partial charge in [0.1, 0.15) is 0 Å². The zero-order valence-corrected chi connectivity index (χ0v) is 11.1. The van der Waals surface area contributed by atoms with Crippen LogP contribution < -0.4 is 0 Å². The van der Waals surface area contributed by atoms with Crippen LogP contribution in [0.4, 0.5) is 0 Å². The number of ketones is 2. The molecule has 0 saturated carbocycles. The molecule has 3 heteroatoms. The molecule has 0 N–H and O–H groups in total. The number of benzene rings is 1. The van der Waals surface area contributed by atoms with E-state index in [9.17, 15) is 9.59 Å². The lowest BCUT2D eigenvalue weighted by molar-refractivity contribution is 0.0936. The number of carbonyl (C=O) groups excluding carboxylic acids is 2. The van der Waals surface area contributed by atoms with Gasteiger partial charge in [0.15, 0.2) is 11.6 Å². The summed E-state index contributed by atoms with van der Waals surface area (Å²) in [7, 11) is 0. The van der Waals surface area contributed by atoms with Crippen molar-refractivity contribution in [2.75, 3.05) is 5.75 Å². The second-order valence-electron chi connectivity index (χ2n) is 4.94. The molecule has 17 heavy (non-hydrogen) atoms. The quantitative estimate of drug-likeness (QED) is 0.606. The molecule has 1 unspecified atom stereocenters. The molecule has 0 radical (unpaired) electrons.